The second kappa shape index (κ2) is 5.36. The lowest BCUT2D eigenvalue weighted by Crippen LogP contribution is -2.23. The molecule has 0 bridgehead atoms. The molecule has 0 radical (unpaired) electrons. The zero-order valence-electron chi connectivity index (χ0n) is 11.4. The summed E-state index contributed by atoms with van der Waals surface area (Å²) in [7, 11) is 0. The lowest BCUT2D eigenvalue weighted by molar-refractivity contribution is 0.0950. The summed E-state index contributed by atoms with van der Waals surface area (Å²) in [5, 5.41) is 2.69. The van der Waals surface area contributed by atoms with E-state index in [0.717, 1.165) is 0 Å². The zero-order valence-corrected chi connectivity index (χ0v) is 11.4. The van der Waals surface area contributed by atoms with Crippen molar-refractivity contribution < 1.29 is 13.6 Å². The van der Waals surface area contributed by atoms with Gasteiger partial charge in [-0.25, -0.2) is 9.37 Å². The number of rotatable bonds is 3. The van der Waals surface area contributed by atoms with Gasteiger partial charge in [-0.3, -0.25) is 4.79 Å². The number of aryl methyl sites for hydroxylation is 1. The van der Waals surface area contributed by atoms with Gasteiger partial charge in [0, 0.05) is 24.6 Å². The Labute approximate surface area is 120 Å². The van der Waals surface area contributed by atoms with Crippen LogP contribution < -0.4 is 5.32 Å². The molecule has 0 spiro atoms. The molecule has 1 amide bonds. The molecule has 5 heteroatoms. The summed E-state index contributed by atoms with van der Waals surface area (Å²) in [5.41, 5.74) is 2.18. The van der Waals surface area contributed by atoms with E-state index in [0.29, 0.717) is 28.1 Å². The lowest BCUT2D eigenvalue weighted by Gasteiger charge is -2.06. The molecule has 21 heavy (non-hydrogen) atoms. The average Bonchev–Trinajstić information content (AvgIpc) is 2.85. The molecule has 0 fully saturated rings. The standard InChI is InChI=1S/C16H13FN2O2/c1-10-19-14-8-11(6-7-15(14)21-10)16(20)18-9-12-4-2-3-5-13(12)17/h2-8H,9H2,1H3,(H,18,20). The highest BCUT2D eigenvalue weighted by Crippen LogP contribution is 2.17. The first-order valence-corrected chi connectivity index (χ1v) is 6.52. The van der Waals surface area contributed by atoms with E-state index in [1.165, 1.54) is 6.07 Å². The van der Waals surface area contributed by atoms with Crippen LogP contribution in [0.25, 0.3) is 11.1 Å². The zero-order chi connectivity index (χ0) is 14.8. The second-order valence-electron chi connectivity index (χ2n) is 4.69. The van der Waals surface area contributed by atoms with Crippen molar-refractivity contribution in [1.82, 2.24) is 10.3 Å². The highest BCUT2D eigenvalue weighted by Gasteiger charge is 2.10. The number of hydrogen-bond acceptors (Lipinski definition) is 3. The van der Waals surface area contributed by atoms with Crippen molar-refractivity contribution >= 4 is 17.0 Å². The van der Waals surface area contributed by atoms with Crippen LogP contribution in [0.1, 0.15) is 21.8 Å². The molecule has 1 aromatic heterocycles. The van der Waals surface area contributed by atoms with E-state index in [2.05, 4.69) is 10.3 Å². The third kappa shape index (κ3) is 2.76. The predicted molar refractivity (Wildman–Crippen MR) is 76.3 cm³/mol. The van der Waals surface area contributed by atoms with Crippen LogP contribution in [-0.2, 0) is 6.54 Å². The molecule has 1 N–H and O–H groups in total. The molecule has 0 unspecified atom stereocenters. The fourth-order valence-corrected chi connectivity index (χ4v) is 2.10. The van der Waals surface area contributed by atoms with E-state index in [9.17, 15) is 9.18 Å². The molecule has 3 aromatic rings. The fraction of sp³-hybridized carbons (Fsp3) is 0.125. The summed E-state index contributed by atoms with van der Waals surface area (Å²) in [5.74, 6) is -0.0601. The van der Waals surface area contributed by atoms with Crippen molar-refractivity contribution in [3.63, 3.8) is 0 Å². The van der Waals surface area contributed by atoms with Gasteiger partial charge in [0.15, 0.2) is 11.5 Å². The van der Waals surface area contributed by atoms with Crippen LogP contribution in [0.5, 0.6) is 0 Å². The maximum absolute atomic E-state index is 13.5. The summed E-state index contributed by atoms with van der Waals surface area (Å²) in [4.78, 5) is 16.3. The predicted octanol–water partition coefficient (Wildman–Crippen LogP) is 3.21. The second-order valence-corrected chi connectivity index (χ2v) is 4.69. The highest BCUT2D eigenvalue weighted by molar-refractivity contribution is 5.97. The van der Waals surface area contributed by atoms with Gasteiger partial charge in [0.25, 0.3) is 5.91 Å². The number of oxazole rings is 1. The maximum Gasteiger partial charge on any atom is 0.251 e. The Morgan fingerprint density at radius 3 is 2.90 bits per heavy atom. The molecule has 0 saturated heterocycles. The van der Waals surface area contributed by atoms with Gasteiger partial charge in [-0.05, 0) is 24.3 Å². The van der Waals surface area contributed by atoms with Crippen molar-refractivity contribution in [1.29, 1.82) is 0 Å². The number of nitrogens with one attached hydrogen (secondary N) is 1. The number of amides is 1. The van der Waals surface area contributed by atoms with Crippen LogP contribution in [0, 0.1) is 12.7 Å². The van der Waals surface area contributed by atoms with Crippen molar-refractivity contribution in [3.8, 4) is 0 Å². The lowest BCUT2D eigenvalue weighted by atomic mass is 10.1. The van der Waals surface area contributed by atoms with Crippen molar-refractivity contribution in [2.45, 2.75) is 13.5 Å². The molecule has 2 aromatic carbocycles. The largest absolute Gasteiger partial charge is 0.441 e. The van der Waals surface area contributed by atoms with Gasteiger partial charge in [0.2, 0.25) is 0 Å². The Morgan fingerprint density at radius 2 is 2.10 bits per heavy atom. The molecule has 0 saturated carbocycles. The summed E-state index contributed by atoms with van der Waals surface area (Å²) < 4.78 is 18.8. The third-order valence-electron chi connectivity index (χ3n) is 3.15. The molecule has 0 aliphatic heterocycles. The number of carbonyl (C=O) groups is 1. The maximum atomic E-state index is 13.5. The Bertz CT molecular complexity index is 811. The first-order valence-electron chi connectivity index (χ1n) is 6.52. The minimum atomic E-state index is -0.333. The Hall–Kier alpha value is -2.69. The number of fused-ring (bicyclic) bond motifs is 1. The SMILES string of the molecule is Cc1nc2cc(C(=O)NCc3ccccc3F)ccc2o1. The van der Waals surface area contributed by atoms with Gasteiger partial charge in [0.05, 0.1) is 0 Å². The van der Waals surface area contributed by atoms with Gasteiger partial charge < -0.3 is 9.73 Å². The van der Waals surface area contributed by atoms with E-state index in [-0.39, 0.29) is 18.3 Å². The van der Waals surface area contributed by atoms with Gasteiger partial charge >= 0.3 is 0 Å². The van der Waals surface area contributed by atoms with Crippen LogP contribution in [0.4, 0.5) is 4.39 Å². The van der Waals surface area contributed by atoms with Crippen molar-refractivity contribution in [2.24, 2.45) is 0 Å². The number of halogens is 1. The normalized spacial score (nSPS) is 10.8. The molecular weight excluding hydrogens is 271 g/mol. The Morgan fingerprint density at radius 1 is 1.29 bits per heavy atom. The average molecular weight is 284 g/mol. The highest BCUT2D eigenvalue weighted by atomic mass is 19.1. The Balaban J connectivity index is 1.76. The minimum Gasteiger partial charge on any atom is -0.441 e. The monoisotopic (exact) mass is 284 g/mol. The Kier molecular flexibility index (Phi) is 3.39. The number of hydrogen-bond donors (Lipinski definition) is 1. The van der Waals surface area contributed by atoms with Gasteiger partial charge in [-0.1, -0.05) is 18.2 Å². The number of benzene rings is 2. The summed E-state index contributed by atoms with van der Waals surface area (Å²) >= 11 is 0. The molecule has 3 rings (SSSR count). The number of carbonyl (C=O) groups excluding carboxylic acids is 1. The molecule has 4 nitrogen and oxygen atoms in total. The first kappa shape index (κ1) is 13.3. The third-order valence-corrected chi connectivity index (χ3v) is 3.15. The minimum absolute atomic E-state index is 0.140. The summed E-state index contributed by atoms with van der Waals surface area (Å²) in [6.07, 6.45) is 0. The molecule has 0 aliphatic carbocycles. The molecule has 106 valence electrons. The van der Waals surface area contributed by atoms with Gasteiger partial charge in [-0.2, -0.15) is 0 Å². The summed E-state index contributed by atoms with van der Waals surface area (Å²) in [6, 6.07) is 11.4. The fourth-order valence-electron chi connectivity index (χ4n) is 2.10. The van der Waals surface area contributed by atoms with E-state index in [1.54, 1.807) is 43.3 Å². The molecule has 1 heterocycles. The smallest absolute Gasteiger partial charge is 0.251 e. The van der Waals surface area contributed by atoms with Gasteiger partial charge in [0.1, 0.15) is 11.3 Å². The van der Waals surface area contributed by atoms with E-state index < -0.39 is 0 Å². The number of nitrogens with zero attached hydrogens (tertiary/aromatic N) is 1. The van der Waals surface area contributed by atoms with E-state index in [4.69, 9.17) is 4.42 Å². The van der Waals surface area contributed by atoms with Crippen LogP contribution >= 0.6 is 0 Å². The molecular formula is C16H13FN2O2. The summed E-state index contributed by atoms with van der Waals surface area (Å²) in [6.45, 7) is 1.89. The quantitative estimate of drug-likeness (QED) is 0.803. The van der Waals surface area contributed by atoms with Crippen LogP contribution in [-0.4, -0.2) is 10.9 Å². The van der Waals surface area contributed by atoms with E-state index in [1.807, 2.05) is 0 Å². The van der Waals surface area contributed by atoms with Crippen LogP contribution in [0.15, 0.2) is 46.9 Å². The molecule has 0 atom stereocenters. The van der Waals surface area contributed by atoms with E-state index >= 15 is 0 Å². The number of aromatic nitrogens is 1. The van der Waals surface area contributed by atoms with Crippen LogP contribution in [0.3, 0.4) is 0 Å². The van der Waals surface area contributed by atoms with Gasteiger partial charge in [-0.15, -0.1) is 0 Å². The first-order chi connectivity index (χ1) is 10.1. The van der Waals surface area contributed by atoms with Crippen molar-refractivity contribution in [2.75, 3.05) is 0 Å². The molecule has 0 aliphatic rings. The van der Waals surface area contributed by atoms with Crippen LogP contribution in [0.2, 0.25) is 0 Å². The van der Waals surface area contributed by atoms with Crippen molar-refractivity contribution in [3.05, 3.63) is 65.3 Å². The topological polar surface area (TPSA) is 55.1 Å².